The van der Waals surface area contributed by atoms with E-state index in [1.54, 1.807) is 6.20 Å². The first-order valence-electron chi connectivity index (χ1n) is 6.64. The average molecular weight is 264 g/mol. The Morgan fingerprint density at radius 2 is 1.95 bits per heavy atom. The van der Waals surface area contributed by atoms with Gasteiger partial charge in [-0.2, -0.15) is 5.10 Å². The van der Waals surface area contributed by atoms with Gasteiger partial charge in [0.05, 0.1) is 11.7 Å². The van der Waals surface area contributed by atoms with Crippen LogP contribution in [0, 0.1) is 0 Å². The largest absolute Gasteiger partial charge is 0.317 e. The van der Waals surface area contributed by atoms with Gasteiger partial charge in [0, 0.05) is 11.5 Å². The van der Waals surface area contributed by atoms with Crippen LogP contribution in [-0.2, 0) is 0 Å². The van der Waals surface area contributed by atoms with Gasteiger partial charge in [0.1, 0.15) is 16.9 Å². The molecule has 98 valence electrons. The Labute approximate surface area is 114 Å². The van der Waals surface area contributed by atoms with Gasteiger partial charge in [-0.05, 0) is 12.8 Å². The molecule has 0 bridgehead atoms. The van der Waals surface area contributed by atoms with Crippen molar-refractivity contribution in [2.75, 3.05) is 0 Å². The van der Waals surface area contributed by atoms with Gasteiger partial charge >= 0.3 is 0 Å². The fourth-order valence-corrected chi connectivity index (χ4v) is 2.37. The Balaban J connectivity index is 1.99. The summed E-state index contributed by atoms with van der Waals surface area (Å²) in [6.07, 6.45) is 3.70. The first-order chi connectivity index (χ1) is 9.83. The third kappa shape index (κ3) is 1.79. The minimum absolute atomic E-state index is 0.106. The Morgan fingerprint density at radius 3 is 2.70 bits per heavy atom. The Bertz CT molecular complexity index is 837. The normalized spacial score (nSPS) is 14.6. The van der Waals surface area contributed by atoms with Gasteiger partial charge in [-0.1, -0.05) is 30.3 Å². The van der Waals surface area contributed by atoms with E-state index in [0.29, 0.717) is 28.3 Å². The van der Waals surface area contributed by atoms with Crippen molar-refractivity contribution in [2.24, 2.45) is 0 Å². The van der Waals surface area contributed by atoms with Crippen molar-refractivity contribution in [3.8, 4) is 11.3 Å². The van der Waals surface area contributed by atoms with E-state index in [-0.39, 0.29) is 5.56 Å². The molecule has 1 aliphatic carbocycles. The van der Waals surface area contributed by atoms with Gasteiger partial charge in [0.25, 0.3) is 5.56 Å². The smallest absolute Gasteiger partial charge is 0.270 e. The highest BCUT2D eigenvalue weighted by atomic mass is 16.1. The van der Waals surface area contributed by atoms with Gasteiger partial charge < -0.3 is 4.98 Å². The van der Waals surface area contributed by atoms with E-state index in [1.165, 1.54) is 0 Å². The van der Waals surface area contributed by atoms with Crippen molar-refractivity contribution in [3.05, 3.63) is 52.6 Å². The van der Waals surface area contributed by atoms with Gasteiger partial charge in [0.15, 0.2) is 0 Å². The first kappa shape index (κ1) is 11.3. The van der Waals surface area contributed by atoms with Crippen LogP contribution in [0.1, 0.15) is 24.5 Å². The maximum absolute atomic E-state index is 12.1. The summed E-state index contributed by atoms with van der Waals surface area (Å²) in [6.45, 7) is 0. The lowest BCUT2D eigenvalue weighted by molar-refractivity contribution is 0.966. The number of benzene rings is 1. The van der Waals surface area contributed by atoms with Crippen molar-refractivity contribution < 1.29 is 0 Å². The summed E-state index contributed by atoms with van der Waals surface area (Å²) >= 11 is 0. The minimum Gasteiger partial charge on any atom is -0.317 e. The number of aromatic amines is 1. The number of nitrogens with zero attached hydrogens (tertiary/aromatic N) is 3. The molecule has 20 heavy (non-hydrogen) atoms. The fraction of sp³-hybridized carbons (Fsp3) is 0.200. The van der Waals surface area contributed by atoms with Crippen molar-refractivity contribution in [2.45, 2.75) is 18.8 Å². The van der Waals surface area contributed by atoms with E-state index in [4.69, 9.17) is 0 Å². The molecular weight excluding hydrogens is 252 g/mol. The number of nitrogens with one attached hydrogen (secondary N) is 1. The van der Waals surface area contributed by atoms with Crippen LogP contribution in [-0.4, -0.2) is 20.2 Å². The number of hydrogen-bond acceptors (Lipinski definition) is 4. The Kier molecular flexibility index (Phi) is 2.39. The summed E-state index contributed by atoms with van der Waals surface area (Å²) in [4.78, 5) is 19.5. The predicted molar refractivity (Wildman–Crippen MR) is 75.4 cm³/mol. The molecule has 1 saturated carbocycles. The summed E-state index contributed by atoms with van der Waals surface area (Å²) in [5.74, 6) is 0.316. The van der Waals surface area contributed by atoms with Gasteiger partial charge in [-0.25, -0.2) is 4.98 Å². The highest BCUT2D eigenvalue weighted by Crippen LogP contribution is 2.37. The van der Waals surface area contributed by atoms with E-state index >= 15 is 0 Å². The van der Waals surface area contributed by atoms with E-state index in [9.17, 15) is 4.79 Å². The molecule has 1 aromatic carbocycles. The van der Waals surface area contributed by atoms with Crippen LogP contribution < -0.4 is 5.56 Å². The highest BCUT2D eigenvalue weighted by Gasteiger charge is 2.28. The quantitative estimate of drug-likeness (QED) is 0.770. The molecule has 0 amide bonds. The number of aromatic nitrogens is 4. The standard InChI is InChI=1S/C15H12N4O/c20-15-13(10-6-7-10)17-11-8-16-19-12(14(11)18-15)9-4-2-1-3-5-9/h1-5,8,10H,6-7H2,(H,18,20). The Morgan fingerprint density at radius 1 is 1.15 bits per heavy atom. The third-order valence-electron chi connectivity index (χ3n) is 3.55. The zero-order valence-electron chi connectivity index (χ0n) is 10.7. The molecule has 4 rings (SSSR count). The summed E-state index contributed by atoms with van der Waals surface area (Å²) < 4.78 is 0. The summed E-state index contributed by atoms with van der Waals surface area (Å²) in [6, 6.07) is 9.68. The first-order valence-corrected chi connectivity index (χ1v) is 6.64. The van der Waals surface area contributed by atoms with Crippen molar-refractivity contribution in [3.63, 3.8) is 0 Å². The number of fused-ring (bicyclic) bond motifs is 1. The molecule has 0 saturated heterocycles. The lowest BCUT2D eigenvalue weighted by atomic mass is 10.1. The van der Waals surface area contributed by atoms with Gasteiger partial charge in [0.2, 0.25) is 0 Å². The van der Waals surface area contributed by atoms with Crippen molar-refractivity contribution >= 4 is 11.0 Å². The second-order valence-corrected chi connectivity index (χ2v) is 5.04. The topological polar surface area (TPSA) is 71.5 Å². The third-order valence-corrected chi connectivity index (χ3v) is 3.55. The second kappa shape index (κ2) is 4.23. The number of hydrogen-bond donors (Lipinski definition) is 1. The molecule has 1 fully saturated rings. The monoisotopic (exact) mass is 264 g/mol. The summed E-state index contributed by atoms with van der Waals surface area (Å²) in [5, 5.41) is 8.15. The van der Waals surface area contributed by atoms with Gasteiger partial charge in [-0.15, -0.1) is 5.10 Å². The van der Waals surface area contributed by atoms with E-state index < -0.39 is 0 Å². The number of rotatable bonds is 2. The molecule has 0 atom stereocenters. The lowest BCUT2D eigenvalue weighted by Crippen LogP contribution is -2.15. The SMILES string of the molecule is O=c1[nH]c2c(-c3ccccc3)nncc2nc1C1CC1. The molecule has 5 nitrogen and oxygen atoms in total. The summed E-state index contributed by atoms with van der Waals surface area (Å²) in [7, 11) is 0. The molecule has 0 spiro atoms. The minimum atomic E-state index is -0.106. The van der Waals surface area contributed by atoms with E-state index in [1.807, 2.05) is 30.3 Å². The second-order valence-electron chi connectivity index (χ2n) is 5.04. The van der Waals surface area contributed by atoms with E-state index in [0.717, 1.165) is 18.4 Å². The average Bonchev–Trinajstić information content (AvgIpc) is 3.31. The van der Waals surface area contributed by atoms with Crippen molar-refractivity contribution in [1.82, 2.24) is 20.2 Å². The molecule has 2 aromatic heterocycles. The predicted octanol–water partition coefficient (Wildman–Crippen LogP) is 2.26. The van der Waals surface area contributed by atoms with Crippen LogP contribution in [0.3, 0.4) is 0 Å². The van der Waals surface area contributed by atoms with Crippen LogP contribution in [0.2, 0.25) is 0 Å². The maximum atomic E-state index is 12.1. The molecule has 3 aromatic rings. The molecule has 2 heterocycles. The van der Waals surface area contributed by atoms with Crippen molar-refractivity contribution in [1.29, 1.82) is 0 Å². The van der Waals surface area contributed by atoms with Crippen LogP contribution >= 0.6 is 0 Å². The van der Waals surface area contributed by atoms with Crippen LogP contribution in [0.15, 0.2) is 41.3 Å². The molecule has 1 N–H and O–H groups in total. The maximum Gasteiger partial charge on any atom is 0.270 e. The molecule has 1 aliphatic rings. The molecule has 0 unspecified atom stereocenters. The van der Waals surface area contributed by atoms with Crippen LogP contribution in [0.25, 0.3) is 22.3 Å². The fourth-order valence-electron chi connectivity index (χ4n) is 2.37. The molecule has 5 heteroatoms. The molecular formula is C15H12N4O. The van der Waals surface area contributed by atoms with Crippen LogP contribution in [0.4, 0.5) is 0 Å². The van der Waals surface area contributed by atoms with Crippen LogP contribution in [0.5, 0.6) is 0 Å². The molecule has 0 radical (unpaired) electrons. The molecule has 0 aliphatic heterocycles. The zero-order chi connectivity index (χ0) is 13.5. The van der Waals surface area contributed by atoms with E-state index in [2.05, 4.69) is 20.2 Å². The van der Waals surface area contributed by atoms with Gasteiger partial charge in [-0.3, -0.25) is 4.79 Å². The highest BCUT2D eigenvalue weighted by molar-refractivity contribution is 5.87. The zero-order valence-corrected chi connectivity index (χ0v) is 10.7. The summed E-state index contributed by atoms with van der Waals surface area (Å²) in [5.41, 5.74) is 3.45. The Hall–Kier alpha value is -2.56. The number of H-pyrrole nitrogens is 1. The lowest BCUT2D eigenvalue weighted by Gasteiger charge is -2.05.